The SMILES string of the molecule is Cc1cccc(C)c1NC(=O)CN1CCN(C(=O)COc2ccccc2C=O)CC1. The van der Waals surface area contributed by atoms with Crippen molar-refractivity contribution in [3.63, 3.8) is 0 Å². The number of piperazine rings is 1. The summed E-state index contributed by atoms with van der Waals surface area (Å²) in [6.07, 6.45) is 0.710. The minimum absolute atomic E-state index is 0.0546. The first-order chi connectivity index (χ1) is 14.5. The van der Waals surface area contributed by atoms with Crippen molar-refractivity contribution >= 4 is 23.8 Å². The quantitative estimate of drug-likeness (QED) is 0.710. The molecular weight excluding hydrogens is 382 g/mol. The standard InChI is InChI=1S/C23H27N3O4/c1-17-6-5-7-18(2)23(17)24-21(28)14-25-10-12-26(13-11-25)22(29)16-30-20-9-4-3-8-19(20)15-27/h3-9,15H,10-14,16H2,1-2H3,(H,24,28). The highest BCUT2D eigenvalue weighted by Gasteiger charge is 2.23. The lowest BCUT2D eigenvalue weighted by molar-refractivity contribution is -0.135. The van der Waals surface area contributed by atoms with Crippen LogP contribution in [0.25, 0.3) is 0 Å². The van der Waals surface area contributed by atoms with Gasteiger partial charge in [0.15, 0.2) is 12.9 Å². The van der Waals surface area contributed by atoms with Gasteiger partial charge in [-0.2, -0.15) is 0 Å². The zero-order valence-corrected chi connectivity index (χ0v) is 17.4. The number of amides is 2. The van der Waals surface area contributed by atoms with E-state index in [4.69, 9.17) is 4.74 Å². The summed E-state index contributed by atoms with van der Waals surface area (Å²) in [6.45, 7) is 6.44. The Balaban J connectivity index is 1.44. The van der Waals surface area contributed by atoms with Gasteiger partial charge in [-0.1, -0.05) is 30.3 Å². The first-order valence-corrected chi connectivity index (χ1v) is 10.0. The normalized spacial score (nSPS) is 14.3. The van der Waals surface area contributed by atoms with Gasteiger partial charge in [-0.15, -0.1) is 0 Å². The van der Waals surface area contributed by atoms with Crippen molar-refractivity contribution in [2.75, 3.05) is 44.6 Å². The van der Waals surface area contributed by atoms with Gasteiger partial charge in [0, 0.05) is 31.9 Å². The van der Waals surface area contributed by atoms with E-state index in [1.807, 2.05) is 36.9 Å². The monoisotopic (exact) mass is 409 g/mol. The third-order valence-corrected chi connectivity index (χ3v) is 5.23. The predicted molar refractivity (Wildman–Crippen MR) is 115 cm³/mol. The second-order valence-corrected chi connectivity index (χ2v) is 7.42. The molecule has 7 nitrogen and oxygen atoms in total. The summed E-state index contributed by atoms with van der Waals surface area (Å²) in [5, 5.41) is 3.00. The Labute approximate surface area is 176 Å². The molecule has 1 heterocycles. The number of aryl methyl sites for hydroxylation is 2. The molecule has 1 N–H and O–H groups in total. The molecule has 1 aliphatic heterocycles. The first-order valence-electron chi connectivity index (χ1n) is 10.0. The van der Waals surface area contributed by atoms with Crippen molar-refractivity contribution in [2.24, 2.45) is 0 Å². The Kier molecular flexibility index (Phi) is 7.19. The van der Waals surface area contributed by atoms with Crippen LogP contribution >= 0.6 is 0 Å². The molecule has 0 radical (unpaired) electrons. The maximum atomic E-state index is 12.4. The van der Waals surface area contributed by atoms with E-state index >= 15 is 0 Å². The van der Waals surface area contributed by atoms with E-state index in [1.54, 1.807) is 29.2 Å². The molecule has 0 aliphatic carbocycles. The molecule has 1 saturated heterocycles. The molecule has 2 amide bonds. The number of aldehydes is 1. The maximum absolute atomic E-state index is 12.4. The highest BCUT2D eigenvalue weighted by molar-refractivity contribution is 5.93. The van der Waals surface area contributed by atoms with Crippen LogP contribution < -0.4 is 10.1 Å². The van der Waals surface area contributed by atoms with E-state index in [1.165, 1.54) is 0 Å². The van der Waals surface area contributed by atoms with Gasteiger partial charge in [-0.25, -0.2) is 0 Å². The van der Waals surface area contributed by atoms with Crippen molar-refractivity contribution in [3.05, 3.63) is 59.2 Å². The lowest BCUT2D eigenvalue weighted by Crippen LogP contribution is -2.51. The molecule has 0 aromatic heterocycles. The summed E-state index contributed by atoms with van der Waals surface area (Å²) in [6, 6.07) is 12.7. The number of hydrogen-bond donors (Lipinski definition) is 1. The van der Waals surface area contributed by atoms with Gasteiger partial charge >= 0.3 is 0 Å². The molecule has 0 spiro atoms. The predicted octanol–water partition coefficient (Wildman–Crippen LogP) is 2.28. The number of nitrogens with zero attached hydrogens (tertiary/aromatic N) is 2. The molecule has 1 aliphatic rings. The number of benzene rings is 2. The van der Waals surface area contributed by atoms with Gasteiger partial charge in [-0.3, -0.25) is 19.3 Å². The number of carbonyl (C=O) groups is 3. The van der Waals surface area contributed by atoms with Crippen molar-refractivity contribution in [3.8, 4) is 5.75 Å². The van der Waals surface area contributed by atoms with E-state index in [2.05, 4.69) is 5.32 Å². The van der Waals surface area contributed by atoms with Gasteiger partial charge in [0.05, 0.1) is 12.1 Å². The second kappa shape index (κ2) is 10.0. The van der Waals surface area contributed by atoms with Crippen molar-refractivity contribution in [1.82, 2.24) is 9.80 Å². The zero-order chi connectivity index (χ0) is 21.5. The van der Waals surface area contributed by atoms with Crippen molar-refractivity contribution < 1.29 is 19.1 Å². The lowest BCUT2D eigenvalue weighted by atomic mass is 10.1. The average Bonchev–Trinajstić information content (AvgIpc) is 2.75. The Morgan fingerprint density at radius 1 is 1.00 bits per heavy atom. The van der Waals surface area contributed by atoms with Crippen LogP contribution in [0, 0.1) is 13.8 Å². The molecule has 0 unspecified atom stereocenters. The third kappa shape index (κ3) is 5.45. The molecular formula is C23H27N3O4. The molecule has 0 bridgehead atoms. The number of ether oxygens (including phenoxy) is 1. The van der Waals surface area contributed by atoms with Gasteiger partial charge in [0.1, 0.15) is 5.75 Å². The Bertz CT molecular complexity index is 900. The third-order valence-electron chi connectivity index (χ3n) is 5.23. The molecule has 2 aromatic rings. The van der Waals surface area contributed by atoms with Gasteiger partial charge in [-0.05, 0) is 37.1 Å². The fourth-order valence-corrected chi connectivity index (χ4v) is 3.49. The van der Waals surface area contributed by atoms with E-state index in [9.17, 15) is 14.4 Å². The number of rotatable bonds is 7. The Morgan fingerprint density at radius 2 is 1.67 bits per heavy atom. The van der Waals surface area contributed by atoms with Crippen LogP contribution in [0.4, 0.5) is 5.69 Å². The number of anilines is 1. The number of para-hydroxylation sites is 2. The molecule has 1 fully saturated rings. The molecule has 0 atom stereocenters. The molecule has 30 heavy (non-hydrogen) atoms. The highest BCUT2D eigenvalue weighted by atomic mass is 16.5. The molecule has 7 heteroatoms. The van der Waals surface area contributed by atoms with Crippen molar-refractivity contribution in [1.29, 1.82) is 0 Å². The summed E-state index contributed by atoms with van der Waals surface area (Å²) in [4.78, 5) is 39.7. The van der Waals surface area contributed by atoms with Gasteiger partial charge < -0.3 is 15.0 Å². The Morgan fingerprint density at radius 3 is 2.33 bits per heavy atom. The van der Waals surface area contributed by atoms with Gasteiger partial charge in [0.2, 0.25) is 5.91 Å². The largest absolute Gasteiger partial charge is 0.483 e. The fraction of sp³-hybridized carbons (Fsp3) is 0.348. The average molecular weight is 409 g/mol. The van der Waals surface area contributed by atoms with Crippen LogP contribution in [-0.2, 0) is 9.59 Å². The number of nitrogens with one attached hydrogen (secondary N) is 1. The van der Waals surface area contributed by atoms with E-state index in [0.29, 0.717) is 50.3 Å². The van der Waals surface area contributed by atoms with E-state index < -0.39 is 0 Å². The topological polar surface area (TPSA) is 79.0 Å². The zero-order valence-electron chi connectivity index (χ0n) is 17.4. The minimum atomic E-state index is -0.129. The van der Waals surface area contributed by atoms with Crippen LogP contribution in [0.2, 0.25) is 0 Å². The summed E-state index contributed by atoms with van der Waals surface area (Å²) in [5.74, 6) is 0.221. The van der Waals surface area contributed by atoms with Crippen molar-refractivity contribution in [2.45, 2.75) is 13.8 Å². The minimum Gasteiger partial charge on any atom is -0.483 e. The maximum Gasteiger partial charge on any atom is 0.260 e. The summed E-state index contributed by atoms with van der Waals surface area (Å²) in [5.41, 5.74) is 3.36. The van der Waals surface area contributed by atoms with Crippen LogP contribution in [-0.4, -0.2) is 67.2 Å². The van der Waals surface area contributed by atoms with Crippen LogP contribution in [0.1, 0.15) is 21.5 Å². The molecule has 158 valence electrons. The lowest BCUT2D eigenvalue weighted by Gasteiger charge is -2.34. The molecule has 3 rings (SSSR count). The Hall–Kier alpha value is -3.19. The molecule has 2 aromatic carbocycles. The summed E-state index contributed by atoms with van der Waals surface area (Å²) >= 11 is 0. The first kappa shape index (κ1) is 21.5. The second-order valence-electron chi connectivity index (χ2n) is 7.42. The smallest absolute Gasteiger partial charge is 0.260 e. The number of hydrogen-bond acceptors (Lipinski definition) is 5. The van der Waals surface area contributed by atoms with E-state index in [-0.39, 0.29) is 18.4 Å². The number of carbonyl (C=O) groups excluding carboxylic acids is 3. The van der Waals surface area contributed by atoms with Gasteiger partial charge in [0.25, 0.3) is 5.91 Å². The van der Waals surface area contributed by atoms with Crippen LogP contribution in [0.5, 0.6) is 5.75 Å². The summed E-state index contributed by atoms with van der Waals surface area (Å²) in [7, 11) is 0. The fourth-order valence-electron chi connectivity index (χ4n) is 3.49. The molecule has 0 saturated carbocycles. The highest BCUT2D eigenvalue weighted by Crippen LogP contribution is 2.19. The van der Waals surface area contributed by atoms with E-state index in [0.717, 1.165) is 16.8 Å². The summed E-state index contributed by atoms with van der Waals surface area (Å²) < 4.78 is 5.52. The van der Waals surface area contributed by atoms with Crippen LogP contribution in [0.3, 0.4) is 0 Å². The van der Waals surface area contributed by atoms with Crippen LogP contribution in [0.15, 0.2) is 42.5 Å².